The Labute approximate surface area is 112 Å². The lowest BCUT2D eigenvalue weighted by Gasteiger charge is -2.22. The van der Waals surface area contributed by atoms with Gasteiger partial charge in [-0.1, -0.05) is 0 Å². The van der Waals surface area contributed by atoms with Crippen molar-refractivity contribution in [2.24, 2.45) is 0 Å². The number of hydrogen-bond acceptors (Lipinski definition) is 3. The van der Waals surface area contributed by atoms with E-state index in [-0.39, 0.29) is 5.75 Å². The molecule has 0 amide bonds. The van der Waals surface area contributed by atoms with Gasteiger partial charge in [-0.05, 0) is 36.4 Å². The zero-order valence-corrected chi connectivity index (χ0v) is 9.99. The Morgan fingerprint density at radius 1 is 1.00 bits per heavy atom. The number of nitrogens with one attached hydrogen (secondary N) is 1. The predicted molar refractivity (Wildman–Crippen MR) is 66.6 cm³/mol. The molecular formula is C14H8F3NO2. The maximum absolute atomic E-state index is 12.7. The average Bonchev–Trinajstić information content (AvgIpc) is 2.42. The van der Waals surface area contributed by atoms with E-state index >= 15 is 0 Å². The van der Waals surface area contributed by atoms with Gasteiger partial charge in [0.2, 0.25) is 0 Å². The van der Waals surface area contributed by atoms with Crippen LogP contribution in [0.4, 0.5) is 24.5 Å². The standard InChI is InChI=1S/C14H8F3NO2/c15-14(16,17)9-2-4-11-13(6-9)20-12-5-8(7-19)1-3-10(12)18-11/h1-7,18H. The Hall–Kier alpha value is -2.50. The number of alkyl halides is 3. The van der Waals surface area contributed by atoms with Crippen LogP contribution in [0.3, 0.4) is 0 Å². The maximum atomic E-state index is 12.7. The van der Waals surface area contributed by atoms with Gasteiger partial charge in [-0.3, -0.25) is 4.79 Å². The summed E-state index contributed by atoms with van der Waals surface area (Å²) in [6.07, 6.45) is -3.78. The van der Waals surface area contributed by atoms with Gasteiger partial charge in [0.15, 0.2) is 11.5 Å². The molecule has 0 fully saturated rings. The molecule has 3 nitrogen and oxygen atoms in total. The molecule has 6 heteroatoms. The van der Waals surface area contributed by atoms with E-state index in [0.717, 1.165) is 12.1 Å². The highest BCUT2D eigenvalue weighted by molar-refractivity contribution is 5.82. The van der Waals surface area contributed by atoms with Crippen molar-refractivity contribution in [3.8, 4) is 11.5 Å². The highest BCUT2D eigenvalue weighted by Crippen LogP contribution is 2.44. The number of hydrogen-bond donors (Lipinski definition) is 1. The van der Waals surface area contributed by atoms with Crippen molar-refractivity contribution >= 4 is 17.7 Å². The van der Waals surface area contributed by atoms with Gasteiger partial charge in [-0.25, -0.2) is 0 Å². The third-order valence-electron chi connectivity index (χ3n) is 2.94. The van der Waals surface area contributed by atoms with E-state index in [1.807, 2.05) is 0 Å². The molecule has 0 aliphatic carbocycles. The zero-order valence-electron chi connectivity index (χ0n) is 9.99. The van der Waals surface area contributed by atoms with E-state index in [0.29, 0.717) is 29.0 Å². The Balaban J connectivity index is 2.02. The number of anilines is 2. The second-order valence-corrected chi connectivity index (χ2v) is 4.31. The number of carbonyl (C=O) groups is 1. The highest BCUT2D eigenvalue weighted by atomic mass is 19.4. The lowest BCUT2D eigenvalue weighted by Crippen LogP contribution is -2.08. The first-order valence-corrected chi connectivity index (χ1v) is 5.73. The van der Waals surface area contributed by atoms with Crippen LogP contribution in [0.1, 0.15) is 15.9 Å². The van der Waals surface area contributed by atoms with Crippen LogP contribution in [0.25, 0.3) is 0 Å². The van der Waals surface area contributed by atoms with E-state index in [9.17, 15) is 18.0 Å². The molecule has 0 bridgehead atoms. The minimum Gasteiger partial charge on any atom is -0.453 e. The second kappa shape index (κ2) is 4.26. The fraction of sp³-hybridized carbons (Fsp3) is 0.0714. The normalized spacial score (nSPS) is 12.8. The summed E-state index contributed by atoms with van der Waals surface area (Å²) in [5.41, 5.74) is 0.654. The molecule has 2 aromatic carbocycles. The molecule has 1 heterocycles. The molecule has 20 heavy (non-hydrogen) atoms. The highest BCUT2D eigenvalue weighted by Gasteiger charge is 2.32. The smallest absolute Gasteiger partial charge is 0.416 e. The summed E-state index contributed by atoms with van der Waals surface area (Å²) in [4.78, 5) is 10.7. The van der Waals surface area contributed by atoms with Crippen molar-refractivity contribution in [2.45, 2.75) is 6.18 Å². The van der Waals surface area contributed by atoms with Gasteiger partial charge < -0.3 is 10.1 Å². The van der Waals surface area contributed by atoms with Crippen LogP contribution in [0.5, 0.6) is 11.5 Å². The predicted octanol–water partition coefficient (Wildman–Crippen LogP) is 4.37. The minimum atomic E-state index is -4.43. The fourth-order valence-electron chi connectivity index (χ4n) is 1.95. The van der Waals surface area contributed by atoms with Gasteiger partial charge in [0.25, 0.3) is 0 Å². The van der Waals surface area contributed by atoms with Crippen LogP contribution >= 0.6 is 0 Å². The summed E-state index contributed by atoms with van der Waals surface area (Å²) in [7, 11) is 0. The molecule has 0 atom stereocenters. The third kappa shape index (κ3) is 2.09. The summed E-state index contributed by atoms with van der Waals surface area (Å²) >= 11 is 0. The molecule has 0 spiro atoms. The minimum absolute atomic E-state index is 0.0790. The molecule has 3 rings (SSSR count). The van der Waals surface area contributed by atoms with E-state index < -0.39 is 11.7 Å². The van der Waals surface area contributed by atoms with E-state index in [1.54, 1.807) is 12.1 Å². The Bertz CT molecular complexity index is 695. The molecule has 0 saturated heterocycles. The summed E-state index contributed by atoms with van der Waals surface area (Å²) in [5.74, 6) is 0.400. The number of rotatable bonds is 1. The van der Waals surface area contributed by atoms with Gasteiger partial charge >= 0.3 is 6.18 Å². The Morgan fingerprint density at radius 3 is 2.30 bits per heavy atom. The van der Waals surface area contributed by atoms with Crippen molar-refractivity contribution in [3.63, 3.8) is 0 Å². The quantitative estimate of drug-likeness (QED) is 0.672. The summed E-state index contributed by atoms with van der Waals surface area (Å²) in [6.45, 7) is 0. The molecule has 0 saturated carbocycles. The van der Waals surface area contributed by atoms with Crippen molar-refractivity contribution in [1.82, 2.24) is 0 Å². The molecule has 0 unspecified atom stereocenters. The van der Waals surface area contributed by atoms with Crippen LogP contribution in [0.2, 0.25) is 0 Å². The summed E-state index contributed by atoms with van der Waals surface area (Å²) in [5, 5.41) is 2.96. The van der Waals surface area contributed by atoms with Crippen molar-refractivity contribution in [1.29, 1.82) is 0 Å². The van der Waals surface area contributed by atoms with E-state index in [1.165, 1.54) is 12.1 Å². The number of ether oxygens (including phenoxy) is 1. The molecule has 102 valence electrons. The van der Waals surface area contributed by atoms with Crippen LogP contribution in [-0.4, -0.2) is 6.29 Å². The SMILES string of the molecule is O=Cc1ccc2c(c1)Oc1cc(C(F)(F)F)ccc1N2. The number of aldehydes is 1. The molecule has 2 aromatic rings. The first-order valence-electron chi connectivity index (χ1n) is 5.73. The Kier molecular flexibility index (Phi) is 2.67. The number of benzene rings is 2. The number of carbonyl (C=O) groups excluding carboxylic acids is 1. The first kappa shape index (κ1) is 12.5. The van der Waals surface area contributed by atoms with Crippen molar-refractivity contribution < 1.29 is 22.7 Å². The lowest BCUT2D eigenvalue weighted by atomic mass is 10.1. The average molecular weight is 279 g/mol. The monoisotopic (exact) mass is 279 g/mol. The van der Waals surface area contributed by atoms with Gasteiger partial charge in [-0.15, -0.1) is 0 Å². The summed E-state index contributed by atoms with van der Waals surface area (Å²) in [6, 6.07) is 7.93. The van der Waals surface area contributed by atoms with Gasteiger partial charge in [-0.2, -0.15) is 13.2 Å². The number of fused-ring (bicyclic) bond motifs is 2. The molecule has 1 aliphatic rings. The van der Waals surface area contributed by atoms with Gasteiger partial charge in [0.1, 0.15) is 6.29 Å². The topological polar surface area (TPSA) is 38.3 Å². The van der Waals surface area contributed by atoms with E-state index in [4.69, 9.17) is 4.74 Å². The van der Waals surface area contributed by atoms with Crippen LogP contribution < -0.4 is 10.1 Å². The largest absolute Gasteiger partial charge is 0.453 e. The molecule has 0 radical (unpaired) electrons. The maximum Gasteiger partial charge on any atom is 0.416 e. The molecule has 0 aromatic heterocycles. The van der Waals surface area contributed by atoms with Crippen molar-refractivity contribution in [2.75, 3.05) is 5.32 Å². The summed E-state index contributed by atoms with van der Waals surface area (Å²) < 4.78 is 43.4. The molecule has 1 N–H and O–H groups in total. The van der Waals surface area contributed by atoms with Crippen LogP contribution in [-0.2, 0) is 6.18 Å². The van der Waals surface area contributed by atoms with E-state index in [2.05, 4.69) is 5.32 Å². The van der Waals surface area contributed by atoms with Gasteiger partial charge in [0.05, 0.1) is 16.9 Å². The lowest BCUT2D eigenvalue weighted by molar-refractivity contribution is -0.137. The number of halogens is 3. The molecular weight excluding hydrogens is 271 g/mol. The van der Waals surface area contributed by atoms with Crippen LogP contribution in [0.15, 0.2) is 36.4 Å². The van der Waals surface area contributed by atoms with Crippen LogP contribution in [0, 0.1) is 0 Å². The second-order valence-electron chi connectivity index (χ2n) is 4.31. The van der Waals surface area contributed by atoms with Gasteiger partial charge in [0, 0.05) is 5.56 Å². The third-order valence-corrected chi connectivity index (χ3v) is 2.94. The zero-order chi connectivity index (χ0) is 14.3. The molecule has 1 aliphatic heterocycles. The van der Waals surface area contributed by atoms with Crippen molar-refractivity contribution in [3.05, 3.63) is 47.5 Å². The first-order chi connectivity index (χ1) is 9.47. The fourth-order valence-corrected chi connectivity index (χ4v) is 1.95. The Morgan fingerprint density at radius 2 is 1.65 bits per heavy atom.